The third-order valence-electron chi connectivity index (χ3n) is 2.69. The minimum atomic E-state index is 0.417. The summed E-state index contributed by atoms with van der Waals surface area (Å²) in [5.74, 6) is 1.27. The fraction of sp³-hybridized carbons (Fsp3) is 0.636. The van der Waals surface area contributed by atoms with E-state index in [9.17, 15) is 0 Å². The van der Waals surface area contributed by atoms with Crippen molar-refractivity contribution < 1.29 is 0 Å². The standard InChI is InChI=1S/C11H18S/c1-5-6-10-9(2)11(3,4)7-8-12-10/h5-6H,7-8H2,1-4H3/b6-5-. The van der Waals surface area contributed by atoms with Gasteiger partial charge in [-0.1, -0.05) is 31.6 Å². The van der Waals surface area contributed by atoms with Gasteiger partial charge in [0.2, 0.25) is 0 Å². The Morgan fingerprint density at radius 3 is 2.67 bits per heavy atom. The second-order valence-corrected chi connectivity index (χ2v) is 5.11. The summed E-state index contributed by atoms with van der Waals surface area (Å²) in [5.41, 5.74) is 1.97. The van der Waals surface area contributed by atoms with Crippen molar-refractivity contribution in [2.45, 2.75) is 34.1 Å². The maximum absolute atomic E-state index is 2.34. The van der Waals surface area contributed by atoms with Crippen LogP contribution in [0.25, 0.3) is 0 Å². The van der Waals surface area contributed by atoms with Gasteiger partial charge < -0.3 is 0 Å². The molecule has 1 heterocycles. The normalized spacial score (nSPS) is 23.7. The highest BCUT2D eigenvalue weighted by Crippen LogP contribution is 2.42. The summed E-state index contributed by atoms with van der Waals surface area (Å²) in [4.78, 5) is 1.48. The van der Waals surface area contributed by atoms with Gasteiger partial charge in [0.05, 0.1) is 0 Å². The van der Waals surface area contributed by atoms with Crippen LogP contribution in [0.15, 0.2) is 22.6 Å². The Kier molecular flexibility index (Phi) is 3.05. The lowest BCUT2D eigenvalue weighted by atomic mass is 9.82. The molecule has 0 saturated carbocycles. The first-order chi connectivity index (χ1) is 5.58. The SMILES string of the molecule is C/C=C\C1=C(C)C(C)(C)CCS1. The highest BCUT2D eigenvalue weighted by Gasteiger charge is 2.25. The summed E-state index contributed by atoms with van der Waals surface area (Å²) in [6, 6.07) is 0. The van der Waals surface area contributed by atoms with Gasteiger partial charge >= 0.3 is 0 Å². The molecule has 0 aromatic rings. The molecule has 0 amide bonds. The number of hydrogen-bond acceptors (Lipinski definition) is 1. The van der Waals surface area contributed by atoms with E-state index in [-0.39, 0.29) is 0 Å². The molecule has 0 bridgehead atoms. The second kappa shape index (κ2) is 3.69. The monoisotopic (exact) mass is 182 g/mol. The van der Waals surface area contributed by atoms with Gasteiger partial charge in [0.15, 0.2) is 0 Å². The van der Waals surface area contributed by atoms with Crippen molar-refractivity contribution in [2.75, 3.05) is 5.75 Å². The molecule has 1 heteroatoms. The van der Waals surface area contributed by atoms with Gasteiger partial charge in [0.1, 0.15) is 0 Å². The van der Waals surface area contributed by atoms with Crippen molar-refractivity contribution in [3.8, 4) is 0 Å². The molecule has 0 N–H and O–H groups in total. The number of thioether (sulfide) groups is 1. The van der Waals surface area contributed by atoms with Crippen molar-refractivity contribution in [1.29, 1.82) is 0 Å². The van der Waals surface area contributed by atoms with E-state index in [2.05, 4.69) is 39.8 Å². The van der Waals surface area contributed by atoms with Gasteiger partial charge in [0.25, 0.3) is 0 Å². The van der Waals surface area contributed by atoms with Crippen LogP contribution in [0, 0.1) is 5.41 Å². The van der Waals surface area contributed by atoms with Gasteiger partial charge in [-0.15, -0.1) is 11.8 Å². The zero-order chi connectivity index (χ0) is 9.19. The molecule has 0 atom stereocenters. The van der Waals surface area contributed by atoms with Crippen molar-refractivity contribution in [3.63, 3.8) is 0 Å². The van der Waals surface area contributed by atoms with Crippen molar-refractivity contribution in [2.24, 2.45) is 5.41 Å². The van der Waals surface area contributed by atoms with Crippen LogP contribution in [-0.4, -0.2) is 5.75 Å². The molecule has 0 nitrogen and oxygen atoms in total. The minimum Gasteiger partial charge on any atom is -0.126 e. The average Bonchev–Trinajstić information content (AvgIpc) is 1.99. The number of allylic oxidation sites excluding steroid dienone is 3. The maximum atomic E-state index is 2.34. The molecule has 1 rings (SSSR count). The Balaban J connectivity index is 2.95. The Morgan fingerprint density at radius 2 is 2.08 bits per heavy atom. The maximum Gasteiger partial charge on any atom is 0.00633 e. The fourth-order valence-corrected chi connectivity index (χ4v) is 2.93. The molecule has 0 aliphatic carbocycles. The molecular weight excluding hydrogens is 164 g/mol. The molecule has 12 heavy (non-hydrogen) atoms. The lowest BCUT2D eigenvalue weighted by Gasteiger charge is -2.32. The van der Waals surface area contributed by atoms with E-state index in [1.54, 1.807) is 5.57 Å². The summed E-state index contributed by atoms with van der Waals surface area (Å²) in [6.07, 6.45) is 5.68. The topological polar surface area (TPSA) is 0 Å². The molecule has 0 aromatic heterocycles. The summed E-state index contributed by atoms with van der Waals surface area (Å²) < 4.78 is 0. The summed E-state index contributed by atoms with van der Waals surface area (Å²) in [6.45, 7) is 9.03. The van der Waals surface area contributed by atoms with Crippen LogP contribution in [0.3, 0.4) is 0 Å². The largest absolute Gasteiger partial charge is 0.126 e. The first-order valence-electron chi connectivity index (χ1n) is 4.55. The lowest BCUT2D eigenvalue weighted by molar-refractivity contribution is 0.428. The van der Waals surface area contributed by atoms with E-state index in [1.807, 2.05) is 11.8 Å². The molecular formula is C11H18S. The molecule has 0 unspecified atom stereocenters. The van der Waals surface area contributed by atoms with E-state index in [0.29, 0.717) is 5.41 Å². The Labute approximate surface area is 80.1 Å². The van der Waals surface area contributed by atoms with Crippen LogP contribution in [0.5, 0.6) is 0 Å². The summed E-state index contributed by atoms with van der Waals surface area (Å²) in [5, 5.41) is 0. The van der Waals surface area contributed by atoms with Crippen LogP contribution < -0.4 is 0 Å². The molecule has 1 aliphatic heterocycles. The number of hydrogen-bond donors (Lipinski definition) is 0. The molecule has 0 spiro atoms. The van der Waals surface area contributed by atoms with Gasteiger partial charge in [-0.05, 0) is 31.4 Å². The van der Waals surface area contributed by atoms with E-state index in [1.165, 1.54) is 17.1 Å². The highest BCUT2D eigenvalue weighted by atomic mass is 32.2. The predicted octanol–water partition coefficient (Wildman–Crippen LogP) is 4.00. The first kappa shape index (κ1) is 9.91. The van der Waals surface area contributed by atoms with Crippen molar-refractivity contribution in [3.05, 3.63) is 22.6 Å². The average molecular weight is 182 g/mol. The van der Waals surface area contributed by atoms with Crippen LogP contribution >= 0.6 is 11.8 Å². The van der Waals surface area contributed by atoms with E-state index in [4.69, 9.17) is 0 Å². The lowest BCUT2D eigenvalue weighted by Crippen LogP contribution is -2.18. The Hall–Kier alpha value is -0.170. The molecule has 0 radical (unpaired) electrons. The minimum absolute atomic E-state index is 0.417. The zero-order valence-corrected chi connectivity index (χ0v) is 9.29. The zero-order valence-electron chi connectivity index (χ0n) is 8.48. The van der Waals surface area contributed by atoms with Crippen molar-refractivity contribution in [1.82, 2.24) is 0 Å². The summed E-state index contributed by atoms with van der Waals surface area (Å²) in [7, 11) is 0. The van der Waals surface area contributed by atoms with Gasteiger partial charge in [-0.3, -0.25) is 0 Å². The quantitative estimate of drug-likeness (QED) is 0.590. The molecule has 0 saturated heterocycles. The molecule has 0 fully saturated rings. The molecule has 1 aliphatic rings. The second-order valence-electron chi connectivity index (χ2n) is 3.97. The van der Waals surface area contributed by atoms with Crippen LogP contribution in [0.1, 0.15) is 34.1 Å². The smallest absolute Gasteiger partial charge is 0.00633 e. The first-order valence-corrected chi connectivity index (χ1v) is 5.53. The third kappa shape index (κ3) is 1.95. The van der Waals surface area contributed by atoms with Crippen LogP contribution in [-0.2, 0) is 0 Å². The fourth-order valence-electron chi connectivity index (χ4n) is 1.37. The predicted molar refractivity (Wildman–Crippen MR) is 58.4 cm³/mol. The Morgan fingerprint density at radius 1 is 1.42 bits per heavy atom. The van der Waals surface area contributed by atoms with Crippen LogP contribution in [0.4, 0.5) is 0 Å². The summed E-state index contributed by atoms with van der Waals surface area (Å²) >= 11 is 1.99. The van der Waals surface area contributed by atoms with E-state index in [0.717, 1.165) is 0 Å². The van der Waals surface area contributed by atoms with Gasteiger partial charge in [0, 0.05) is 4.91 Å². The molecule has 68 valence electrons. The van der Waals surface area contributed by atoms with Gasteiger partial charge in [-0.2, -0.15) is 0 Å². The van der Waals surface area contributed by atoms with Gasteiger partial charge in [-0.25, -0.2) is 0 Å². The third-order valence-corrected chi connectivity index (χ3v) is 3.85. The Bertz CT molecular complexity index is 221. The molecule has 0 aromatic carbocycles. The number of rotatable bonds is 1. The van der Waals surface area contributed by atoms with E-state index < -0.39 is 0 Å². The van der Waals surface area contributed by atoms with Crippen molar-refractivity contribution >= 4 is 11.8 Å². The van der Waals surface area contributed by atoms with E-state index >= 15 is 0 Å². The van der Waals surface area contributed by atoms with Crippen LogP contribution in [0.2, 0.25) is 0 Å². The highest BCUT2D eigenvalue weighted by molar-refractivity contribution is 8.03.